The Labute approximate surface area is 92.2 Å². The van der Waals surface area contributed by atoms with Gasteiger partial charge in [0.25, 0.3) is 0 Å². The molecule has 2 fully saturated rings. The molecule has 3 heteroatoms. The first-order valence-corrected chi connectivity index (χ1v) is 6.32. The molecule has 2 rings (SSSR count). The number of aliphatic hydroxyl groups is 1. The molecule has 1 aliphatic carbocycles. The average Bonchev–Trinajstić information content (AvgIpc) is 2.29. The van der Waals surface area contributed by atoms with Crippen molar-refractivity contribution in [1.29, 1.82) is 0 Å². The summed E-state index contributed by atoms with van der Waals surface area (Å²) in [6.45, 7) is 2.47. The molecule has 0 aromatic rings. The lowest BCUT2D eigenvalue weighted by atomic mass is 9.84. The normalized spacial score (nSPS) is 31.4. The third-order valence-corrected chi connectivity index (χ3v) is 3.66. The summed E-state index contributed by atoms with van der Waals surface area (Å²) in [5.74, 6) is 0. The predicted octanol–water partition coefficient (Wildman–Crippen LogP) is 1.45. The fraction of sp³-hybridized carbons (Fsp3) is 1.00. The van der Waals surface area contributed by atoms with E-state index in [0.717, 1.165) is 39.0 Å². The monoisotopic (exact) mass is 213 g/mol. The van der Waals surface area contributed by atoms with Crippen LogP contribution in [0.25, 0.3) is 0 Å². The van der Waals surface area contributed by atoms with Crippen molar-refractivity contribution in [2.75, 3.05) is 19.8 Å². The molecule has 1 atom stereocenters. The maximum atomic E-state index is 10.3. The van der Waals surface area contributed by atoms with Gasteiger partial charge >= 0.3 is 0 Å². The quantitative estimate of drug-likeness (QED) is 0.745. The molecule has 0 spiro atoms. The summed E-state index contributed by atoms with van der Waals surface area (Å²) in [6, 6.07) is 0.463. The lowest BCUT2D eigenvalue weighted by Crippen LogP contribution is -2.47. The fourth-order valence-corrected chi connectivity index (χ4v) is 2.62. The highest BCUT2D eigenvalue weighted by atomic mass is 16.5. The molecule has 15 heavy (non-hydrogen) atoms. The van der Waals surface area contributed by atoms with Gasteiger partial charge < -0.3 is 15.2 Å². The van der Waals surface area contributed by atoms with Crippen molar-refractivity contribution in [3.8, 4) is 0 Å². The van der Waals surface area contributed by atoms with Crippen LogP contribution in [0.1, 0.15) is 44.9 Å². The molecule has 1 unspecified atom stereocenters. The Morgan fingerprint density at radius 3 is 2.67 bits per heavy atom. The molecule has 0 aromatic heterocycles. The molecule has 0 aromatic carbocycles. The Morgan fingerprint density at radius 2 is 2.00 bits per heavy atom. The number of hydrogen-bond donors (Lipinski definition) is 2. The van der Waals surface area contributed by atoms with Crippen molar-refractivity contribution in [3.05, 3.63) is 0 Å². The molecule has 3 nitrogen and oxygen atoms in total. The molecule has 1 saturated carbocycles. The molecule has 0 radical (unpaired) electrons. The third-order valence-electron chi connectivity index (χ3n) is 3.66. The summed E-state index contributed by atoms with van der Waals surface area (Å²) in [5.41, 5.74) is -0.435. The van der Waals surface area contributed by atoms with Gasteiger partial charge in [-0.2, -0.15) is 0 Å². The molecule has 0 bridgehead atoms. The summed E-state index contributed by atoms with van der Waals surface area (Å²) < 4.78 is 5.41. The molecule has 2 N–H and O–H groups in total. The largest absolute Gasteiger partial charge is 0.389 e. The highest BCUT2D eigenvalue weighted by Gasteiger charge is 2.29. The van der Waals surface area contributed by atoms with E-state index in [0.29, 0.717) is 6.04 Å². The van der Waals surface area contributed by atoms with Gasteiger partial charge in [0.05, 0.1) is 12.2 Å². The van der Waals surface area contributed by atoms with Crippen molar-refractivity contribution in [2.24, 2.45) is 0 Å². The van der Waals surface area contributed by atoms with E-state index < -0.39 is 5.60 Å². The van der Waals surface area contributed by atoms with E-state index >= 15 is 0 Å². The standard InChI is InChI=1S/C12H23NO2/c14-12(6-2-1-3-7-12)10-13-11-5-4-8-15-9-11/h11,13-14H,1-10H2. The van der Waals surface area contributed by atoms with Gasteiger partial charge in [0, 0.05) is 19.2 Å². The Hall–Kier alpha value is -0.120. The maximum absolute atomic E-state index is 10.3. The second-order valence-corrected chi connectivity index (χ2v) is 5.08. The smallest absolute Gasteiger partial charge is 0.0771 e. The van der Waals surface area contributed by atoms with Crippen LogP contribution in [-0.4, -0.2) is 36.5 Å². The van der Waals surface area contributed by atoms with E-state index in [-0.39, 0.29) is 0 Å². The molecular formula is C12H23NO2. The van der Waals surface area contributed by atoms with Crippen molar-refractivity contribution in [3.63, 3.8) is 0 Å². The third kappa shape index (κ3) is 3.44. The van der Waals surface area contributed by atoms with Gasteiger partial charge in [0.1, 0.15) is 0 Å². The summed E-state index contributed by atoms with van der Waals surface area (Å²) in [5, 5.41) is 13.8. The SMILES string of the molecule is OC1(CNC2CCCOC2)CCCCC1. The van der Waals surface area contributed by atoms with Crippen molar-refractivity contribution < 1.29 is 9.84 Å². The van der Waals surface area contributed by atoms with Crippen LogP contribution in [0.4, 0.5) is 0 Å². The summed E-state index contributed by atoms with van der Waals surface area (Å²) in [4.78, 5) is 0. The van der Waals surface area contributed by atoms with Gasteiger partial charge in [0.15, 0.2) is 0 Å². The highest BCUT2D eigenvalue weighted by molar-refractivity contribution is 4.86. The van der Waals surface area contributed by atoms with Crippen LogP contribution in [0.2, 0.25) is 0 Å². The minimum absolute atomic E-state index is 0.435. The second kappa shape index (κ2) is 5.28. The number of nitrogens with one attached hydrogen (secondary N) is 1. The number of rotatable bonds is 3. The summed E-state index contributed by atoms with van der Waals surface area (Å²) in [7, 11) is 0. The van der Waals surface area contributed by atoms with Crippen LogP contribution in [0.3, 0.4) is 0 Å². The van der Waals surface area contributed by atoms with E-state index in [9.17, 15) is 5.11 Å². The highest BCUT2D eigenvalue weighted by Crippen LogP contribution is 2.27. The fourth-order valence-electron chi connectivity index (χ4n) is 2.62. The molecule has 88 valence electrons. The number of hydrogen-bond acceptors (Lipinski definition) is 3. The van der Waals surface area contributed by atoms with Gasteiger partial charge in [-0.15, -0.1) is 0 Å². The minimum atomic E-state index is -0.435. The molecular weight excluding hydrogens is 190 g/mol. The summed E-state index contributed by atoms with van der Waals surface area (Å²) in [6.07, 6.45) is 7.92. The van der Waals surface area contributed by atoms with Crippen molar-refractivity contribution in [2.45, 2.75) is 56.6 Å². The van der Waals surface area contributed by atoms with Gasteiger partial charge in [-0.05, 0) is 25.7 Å². The van der Waals surface area contributed by atoms with Crippen molar-refractivity contribution in [1.82, 2.24) is 5.32 Å². The predicted molar refractivity (Wildman–Crippen MR) is 59.9 cm³/mol. The zero-order valence-electron chi connectivity index (χ0n) is 9.50. The van der Waals surface area contributed by atoms with Crippen LogP contribution in [0, 0.1) is 0 Å². The lowest BCUT2D eigenvalue weighted by Gasteiger charge is -2.34. The Bertz CT molecular complexity index is 184. The van der Waals surface area contributed by atoms with Crippen molar-refractivity contribution >= 4 is 0 Å². The van der Waals surface area contributed by atoms with E-state index in [1.807, 2.05) is 0 Å². The lowest BCUT2D eigenvalue weighted by molar-refractivity contribution is -0.00539. The van der Waals surface area contributed by atoms with Gasteiger partial charge in [-0.1, -0.05) is 19.3 Å². The molecule has 1 heterocycles. The molecule has 1 saturated heterocycles. The second-order valence-electron chi connectivity index (χ2n) is 5.08. The maximum Gasteiger partial charge on any atom is 0.0771 e. The first kappa shape index (κ1) is 11.4. The van der Waals surface area contributed by atoms with E-state index in [1.165, 1.54) is 25.7 Å². The Balaban J connectivity index is 1.70. The van der Waals surface area contributed by atoms with Crippen LogP contribution < -0.4 is 5.32 Å². The topological polar surface area (TPSA) is 41.5 Å². The summed E-state index contributed by atoms with van der Waals surface area (Å²) >= 11 is 0. The first-order chi connectivity index (χ1) is 7.29. The van der Waals surface area contributed by atoms with E-state index in [1.54, 1.807) is 0 Å². The molecule has 1 aliphatic heterocycles. The van der Waals surface area contributed by atoms with Crippen LogP contribution in [0.5, 0.6) is 0 Å². The average molecular weight is 213 g/mol. The van der Waals surface area contributed by atoms with Crippen LogP contribution >= 0.6 is 0 Å². The van der Waals surface area contributed by atoms with E-state index in [2.05, 4.69) is 5.32 Å². The zero-order chi connectivity index (χ0) is 10.6. The van der Waals surface area contributed by atoms with E-state index in [4.69, 9.17) is 4.74 Å². The molecule has 2 aliphatic rings. The van der Waals surface area contributed by atoms with Gasteiger partial charge in [0.2, 0.25) is 0 Å². The Kier molecular flexibility index (Phi) is 4.00. The Morgan fingerprint density at radius 1 is 1.20 bits per heavy atom. The minimum Gasteiger partial charge on any atom is -0.389 e. The van der Waals surface area contributed by atoms with Crippen LogP contribution in [0.15, 0.2) is 0 Å². The van der Waals surface area contributed by atoms with Crippen LogP contribution in [-0.2, 0) is 4.74 Å². The molecule has 0 amide bonds. The first-order valence-electron chi connectivity index (χ1n) is 6.32. The zero-order valence-corrected chi connectivity index (χ0v) is 9.50. The van der Waals surface area contributed by atoms with Gasteiger partial charge in [-0.3, -0.25) is 0 Å². The number of ether oxygens (including phenoxy) is 1. The van der Waals surface area contributed by atoms with Gasteiger partial charge in [-0.25, -0.2) is 0 Å².